The number of benzene rings is 2. The van der Waals surface area contributed by atoms with Crippen LogP contribution < -0.4 is 4.74 Å². The molecule has 1 fully saturated rings. The molecule has 1 heterocycles. The summed E-state index contributed by atoms with van der Waals surface area (Å²) in [4.78, 5) is 2.60. The molecular weight excluding hydrogens is 433 g/mol. The molecule has 0 saturated carbocycles. The van der Waals surface area contributed by atoms with Crippen molar-refractivity contribution >= 4 is 33.0 Å². The third-order valence-electron chi connectivity index (χ3n) is 5.82. The zero-order valence-electron chi connectivity index (χ0n) is 16.0. The third kappa shape index (κ3) is 4.28. The first-order valence-electron chi connectivity index (χ1n) is 9.56. The Morgan fingerprint density at radius 3 is 2.55 bits per heavy atom. The fourth-order valence-electron chi connectivity index (χ4n) is 4.30. The number of fused-ring (bicyclic) bond motifs is 1. The van der Waals surface area contributed by atoms with Gasteiger partial charge >= 0.3 is 0 Å². The van der Waals surface area contributed by atoms with Gasteiger partial charge < -0.3 is 9.84 Å². The van der Waals surface area contributed by atoms with E-state index >= 15 is 0 Å². The van der Waals surface area contributed by atoms with Crippen molar-refractivity contribution in [3.63, 3.8) is 0 Å². The van der Waals surface area contributed by atoms with Gasteiger partial charge in [-0.15, -0.1) is 0 Å². The highest BCUT2D eigenvalue weighted by Crippen LogP contribution is 2.43. The maximum absolute atomic E-state index is 11.7. The van der Waals surface area contributed by atoms with E-state index in [0.29, 0.717) is 15.8 Å². The van der Waals surface area contributed by atoms with Crippen molar-refractivity contribution in [2.24, 2.45) is 5.92 Å². The van der Waals surface area contributed by atoms with Crippen LogP contribution in [0.2, 0.25) is 10.0 Å². The first-order valence-corrected chi connectivity index (χ1v) is 12.2. The highest BCUT2D eigenvalue weighted by molar-refractivity contribution is 7.90. The SMILES string of the molecule is CS(=O)(=O)c1ccc(O[C@H]2c3cc(Cl)cc(Cl)c3C[C@@H]2N2CC[C@@H](CO)C2)cc1. The molecule has 0 amide bonds. The minimum Gasteiger partial charge on any atom is -0.484 e. The van der Waals surface area contributed by atoms with Gasteiger partial charge in [0.2, 0.25) is 0 Å². The average Bonchev–Trinajstić information content (AvgIpc) is 3.27. The molecule has 29 heavy (non-hydrogen) atoms. The van der Waals surface area contributed by atoms with Crippen LogP contribution in [0.25, 0.3) is 0 Å². The molecule has 1 aliphatic heterocycles. The number of aliphatic hydroxyl groups excluding tert-OH is 1. The lowest BCUT2D eigenvalue weighted by atomic mass is 10.1. The lowest BCUT2D eigenvalue weighted by Crippen LogP contribution is -2.38. The lowest BCUT2D eigenvalue weighted by Gasteiger charge is -2.30. The van der Waals surface area contributed by atoms with E-state index in [9.17, 15) is 13.5 Å². The Balaban J connectivity index is 1.65. The van der Waals surface area contributed by atoms with E-state index in [1.54, 1.807) is 30.3 Å². The largest absolute Gasteiger partial charge is 0.484 e. The van der Waals surface area contributed by atoms with Gasteiger partial charge in [0.15, 0.2) is 9.84 Å². The summed E-state index contributed by atoms with van der Waals surface area (Å²) in [5.74, 6) is 0.863. The van der Waals surface area contributed by atoms with Gasteiger partial charge in [0, 0.05) is 35.0 Å². The van der Waals surface area contributed by atoms with Gasteiger partial charge in [-0.05, 0) is 67.3 Å². The monoisotopic (exact) mass is 455 g/mol. The van der Waals surface area contributed by atoms with Gasteiger partial charge in [0.05, 0.1) is 10.9 Å². The van der Waals surface area contributed by atoms with Crippen LogP contribution in [0.1, 0.15) is 23.7 Å². The number of hydrogen-bond acceptors (Lipinski definition) is 5. The fourth-order valence-corrected chi connectivity index (χ4v) is 5.52. The zero-order valence-corrected chi connectivity index (χ0v) is 18.3. The Bertz CT molecular complexity index is 1010. The van der Waals surface area contributed by atoms with E-state index < -0.39 is 9.84 Å². The minimum absolute atomic E-state index is 0.0760. The smallest absolute Gasteiger partial charge is 0.175 e. The van der Waals surface area contributed by atoms with Gasteiger partial charge in [-0.2, -0.15) is 0 Å². The molecule has 156 valence electrons. The van der Waals surface area contributed by atoms with E-state index in [-0.39, 0.29) is 29.6 Å². The summed E-state index contributed by atoms with van der Waals surface area (Å²) >= 11 is 12.7. The molecule has 0 bridgehead atoms. The Kier molecular flexibility index (Phi) is 5.84. The Hall–Kier alpha value is -1.31. The van der Waals surface area contributed by atoms with E-state index in [1.807, 2.05) is 6.07 Å². The van der Waals surface area contributed by atoms with Gasteiger partial charge in [-0.3, -0.25) is 4.90 Å². The van der Waals surface area contributed by atoms with Crippen LogP contribution in [0, 0.1) is 5.92 Å². The number of halogens is 2. The molecule has 8 heteroatoms. The molecule has 3 atom stereocenters. The summed E-state index contributed by atoms with van der Waals surface area (Å²) in [7, 11) is -3.26. The van der Waals surface area contributed by atoms with Crippen molar-refractivity contribution in [3.05, 3.63) is 57.6 Å². The topological polar surface area (TPSA) is 66.8 Å². The molecule has 0 spiro atoms. The van der Waals surface area contributed by atoms with Crippen LogP contribution in [0.3, 0.4) is 0 Å². The quantitative estimate of drug-likeness (QED) is 0.743. The van der Waals surface area contributed by atoms with Crippen molar-refractivity contribution in [2.75, 3.05) is 26.0 Å². The first kappa shape index (κ1) is 20.9. The molecule has 4 rings (SSSR count). The summed E-state index contributed by atoms with van der Waals surface area (Å²) in [6.45, 7) is 1.89. The number of sulfone groups is 1. The minimum atomic E-state index is -3.26. The van der Waals surface area contributed by atoms with Gasteiger partial charge in [0.1, 0.15) is 11.9 Å². The van der Waals surface area contributed by atoms with Crippen LogP contribution in [0.5, 0.6) is 5.75 Å². The first-order chi connectivity index (χ1) is 13.8. The van der Waals surface area contributed by atoms with Gasteiger partial charge in [-0.1, -0.05) is 23.2 Å². The molecule has 2 aromatic rings. The summed E-state index contributed by atoms with van der Waals surface area (Å²) in [5, 5.41) is 10.7. The summed E-state index contributed by atoms with van der Waals surface area (Å²) < 4.78 is 29.8. The van der Waals surface area contributed by atoms with Crippen molar-refractivity contribution in [2.45, 2.75) is 29.9 Å². The molecule has 0 aromatic heterocycles. The van der Waals surface area contributed by atoms with E-state index in [1.165, 1.54) is 6.26 Å². The normalized spacial score (nSPS) is 24.6. The van der Waals surface area contributed by atoms with Crippen LogP contribution in [0.4, 0.5) is 0 Å². The van der Waals surface area contributed by atoms with Gasteiger partial charge in [0.25, 0.3) is 0 Å². The molecule has 0 unspecified atom stereocenters. The molecule has 1 aliphatic carbocycles. The van der Waals surface area contributed by atoms with Crippen LogP contribution in [0.15, 0.2) is 41.3 Å². The lowest BCUT2D eigenvalue weighted by molar-refractivity contribution is 0.0885. The number of likely N-dealkylation sites (tertiary alicyclic amines) is 1. The highest BCUT2D eigenvalue weighted by Gasteiger charge is 2.41. The van der Waals surface area contributed by atoms with E-state index in [4.69, 9.17) is 27.9 Å². The summed E-state index contributed by atoms with van der Waals surface area (Å²) in [6.07, 6.45) is 2.60. The maximum Gasteiger partial charge on any atom is 0.175 e. The van der Waals surface area contributed by atoms with Crippen LogP contribution >= 0.6 is 23.2 Å². The van der Waals surface area contributed by atoms with Crippen LogP contribution in [-0.4, -0.2) is 50.4 Å². The molecular formula is C21H23Cl2NO4S. The second-order valence-electron chi connectivity index (χ2n) is 7.84. The number of hydrogen-bond donors (Lipinski definition) is 1. The second kappa shape index (κ2) is 8.08. The number of aliphatic hydroxyl groups is 1. The highest BCUT2D eigenvalue weighted by atomic mass is 35.5. The van der Waals surface area contributed by atoms with Crippen molar-refractivity contribution in [3.8, 4) is 5.75 Å². The molecule has 1 N–H and O–H groups in total. The van der Waals surface area contributed by atoms with Gasteiger partial charge in [-0.25, -0.2) is 8.42 Å². The predicted molar refractivity (Wildman–Crippen MR) is 114 cm³/mol. The van der Waals surface area contributed by atoms with Crippen molar-refractivity contribution in [1.82, 2.24) is 4.90 Å². The van der Waals surface area contributed by atoms with E-state index in [2.05, 4.69) is 4.90 Å². The Labute approximate surface area is 181 Å². The van der Waals surface area contributed by atoms with E-state index in [0.717, 1.165) is 37.1 Å². The molecule has 1 saturated heterocycles. The summed E-state index contributed by atoms with van der Waals surface area (Å²) in [5.41, 5.74) is 2.00. The average molecular weight is 456 g/mol. The van der Waals surface area contributed by atoms with Crippen LogP contribution in [-0.2, 0) is 16.3 Å². The second-order valence-corrected chi connectivity index (χ2v) is 10.7. The predicted octanol–water partition coefficient (Wildman–Crippen LogP) is 3.76. The van der Waals surface area contributed by atoms with Crippen molar-refractivity contribution in [1.29, 1.82) is 0 Å². The molecule has 2 aromatic carbocycles. The fraction of sp³-hybridized carbons (Fsp3) is 0.429. The number of ether oxygens (including phenoxy) is 1. The molecule has 0 radical (unpaired) electrons. The Morgan fingerprint density at radius 1 is 1.21 bits per heavy atom. The molecule has 2 aliphatic rings. The molecule has 5 nitrogen and oxygen atoms in total. The summed E-state index contributed by atoms with van der Waals surface area (Å²) in [6, 6.07) is 10.2. The zero-order chi connectivity index (χ0) is 20.8. The number of nitrogens with zero attached hydrogens (tertiary/aromatic N) is 1. The standard InChI is InChI=1S/C21H23Cl2NO4S/c1-29(26,27)16-4-2-15(3-5-16)28-21-18-8-14(22)9-19(23)17(18)10-20(21)24-7-6-13(11-24)12-25/h2-5,8-9,13,20-21,25H,6-7,10-12H2,1H3/t13-,20+,21+/m1/s1. The maximum atomic E-state index is 11.7. The Morgan fingerprint density at radius 2 is 1.93 bits per heavy atom. The third-order valence-corrected chi connectivity index (χ3v) is 7.51. The number of rotatable bonds is 5. The van der Waals surface area contributed by atoms with Crippen molar-refractivity contribution < 1.29 is 18.3 Å².